The number of nitrogens with zero attached hydrogens (tertiary/aromatic N) is 4. The Morgan fingerprint density at radius 3 is 2.88 bits per heavy atom. The molecular formula is C20H24N4O2. The minimum absolute atomic E-state index is 0.116. The summed E-state index contributed by atoms with van der Waals surface area (Å²) in [7, 11) is 0. The highest BCUT2D eigenvalue weighted by Crippen LogP contribution is 2.27. The van der Waals surface area contributed by atoms with Crippen molar-refractivity contribution in [3.8, 4) is 0 Å². The molecule has 1 aliphatic heterocycles. The maximum atomic E-state index is 12.7. The minimum atomic E-state index is -0.116. The van der Waals surface area contributed by atoms with Crippen LogP contribution in [0.4, 0.5) is 0 Å². The molecule has 1 aliphatic rings. The Labute approximate surface area is 152 Å². The van der Waals surface area contributed by atoms with E-state index in [1.807, 2.05) is 33.7 Å². The topological polar surface area (TPSA) is 64.2 Å². The van der Waals surface area contributed by atoms with Crippen molar-refractivity contribution in [1.82, 2.24) is 19.4 Å². The van der Waals surface area contributed by atoms with E-state index in [9.17, 15) is 4.79 Å². The molecule has 0 radical (unpaired) electrons. The van der Waals surface area contributed by atoms with Crippen LogP contribution in [0.2, 0.25) is 0 Å². The van der Waals surface area contributed by atoms with Gasteiger partial charge in [-0.2, -0.15) is 0 Å². The van der Waals surface area contributed by atoms with Crippen molar-refractivity contribution >= 4 is 16.9 Å². The van der Waals surface area contributed by atoms with Gasteiger partial charge in [0.1, 0.15) is 11.5 Å². The van der Waals surface area contributed by atoms with Crippen LogP contribution in [-0.2, 0) is 29.7 Å². The first-order valence-electron chi connectivity index (χ1n) is 9.08. The summed E-state index contributed by atoms with van der Waals surface area (Å²) in [6.07, 6.45) is 3.00. The van der Waals surface area contributed by atoms with E-state index in [2.05, 4.69) is 30.7 Å². The van der Waals surface area contributed by atoms with Gasteiger partial charge in [-0.3, -0.25) is 4.79 Å². The highest BCUT2D eigenvalue weighted by molar-refractivity contribution is 5.77. The van der Waals surface area contributed by atoms with Gasteiger partial charge in [0.25, 0.3) is 0 Å². The van der Waals surface area contributed by atoms with Crippen molar-refractivity contribution in [3.63, 3.8) is 0 Å². The zero-order valence-electron chi connectivity index (χ0n) is 15.5. The minimum Gasteiger partial charge on any atom is -0.445 e. The first kappa shape index (κ1) is 16.8. The molecule has 0 aliphatic carbocycles. The number of aryl methyl sites for hydroxylation is 1. The van der Waals surface area contributed by atoms with Crippen molar-refractivity contribution in [2.24, 2.45) is 0 Å². The van der Waals surface area contributed by atoms with Gasteiger partial charge in [-0.15, -0.1) is 0 Å². The molecule has 3 heterocycles. The van der Waals surface area contributed by atoms with Gasteiger partial charge in [0, 0.05) is 31.3 Å². The number of rotatable bonds is 3. The quantitative estimate of drug-likeness (QED) is 0.725. The van der Waals surface area contributed by atoms with E-state index < -0.39 is 0 Å². The number of hydrogen-bond acceptors (Lipinski definition) is 4. The Kier molecular flexibility index (Phi) is 4.05. The van der Waals surface area contributed by atoms with Crippen molar-refractivity contribution in [2.75, 3.05) is 6.54 Å². The largest absolute Gasteiger partial charge is 0.445 e. The molecule has 3 aromatic rings. The first-order chi connectivity index (χ1) is 12.4. The Hall–Kier alpha value is -2.63. The maximum Gasteiger partial charge on any atom is 0.224 e. The van der Waals surface area contributed by atoms with Gasteiger partial charge in [0.05, 0.1) is 23.9 Å². The summed E-state index contributed by atoms with van der Waals surface area (Å²) in [6, 6.07) is 7.98. The molecule has 0 N–H and O–H groups in total. The molecule has 0 unspecified atom stereocenters. The Balaban J connectivity index is 1.42. The van der Waals surface area contributed by atoms with Gasteiger partial charge in [0.15, 0.2) is 5.89 Å². The molecule has 1 amide bonds. The van der Waals surface area contributed by atoms with Crippen LogP contribution >= 0.6 is 0 Å². The fourth-order valence-electron chi connectivity index (χ4n) is 3.29. The molecule has 4 rings (SSSR count). The molecule has 6 nitrogen and oxygen atoms in total. The van der Waals surface area contributed by atoms with Crippen molar-refractivity contribution < 1.29 is 9.21 Å². The van der Waals surface area contributed by atoms with Crippen LogP contribution < -0.4 is 0 Å². The lowest BCUT2D eigenvalue weighted by molar-refractivity contribution is -0.132. The van der Waals surface area contributed by atoms with Crippen LogP contribution in [0.25, 0.3) is 11.0 Å². The van der Waals surface area contributed by atoms with Gasteiger partial charge >= 0.3 is 0 Å². The molecule has 0 saturated heterocycles. The standard InChI is InChI=1S/C20H24N4O2/c1-20(2,3)19-22-15-12-23(10-8-17(15)26-19)18(25)9-11-24-13-21-14-6-4-5-7-16(14)24/h4-7,13H,8-12H2,1-3H3. The summed E-state index contributed by atoms with van der Waals surface area (Å²) in [5, 5.41) is 0. The summed E-state index contributed by atoms with van der Waals surface area (Å²) in [4.78, 5) is 23.6. The highest BCUT2D eigenvalue weighted by atomic mass is 16.4. The fraction of sp³-hybridized carbons (Fsp3) is 0.450. The number of hydrogen-bond donors (Lipinski definition) is 0. The van der Waals surface area contributed by atoms with Crippen molar-refractivity contribution in [2.45, 2.75) is 52.1 Å². The van der Waals surface area contributed by atoms with Gasteiger partial charge in [-0.05, 0) is 12.1 Å². The summed E-state index contributed by atoms with van der Waals surface area (Å²) in [6.45, 7) is 8.12. The van der Waals surface area contributed by atoms with Crippen LogP contribution in [0.3, 0.4) is 0 Å². The van der Waals surface area contributed by atoms with Gasteiger partial charge in [-0.1, -0.05) is 32.9 Å². The number of aromatic nitrogens is 3. The van der Waals surface area contributed by atoms with Crippen molar-refractivity contribution in [1.29, 1.82) is 0 Å². The van der Waals surface area contributed by atoms with Gasteiger partial charge in [-0.25, -0.2) is 9.97 Å². The number of amides is 1. The lowest BCUT2D eigenvalue weighted by Gasteiger charge is -2.25. The fourth-order valence-corrected chi connectivity index (χ4v) is 3.29. The second kappa shape index (κ2) is 6.27. The SMILES string of the molecule is CC(C)(C)c1nc2c(o1)CCN(C(=O)CCn1cnc3ccccc31)C2. The lowest BCUT2D eigenvalue weighted by Crippen LogP contribution is -2.36. The van der Waals surface area contributed by atoms with E-state index >= 15 is 0 Å². The third-order valence-electron chi connectivity index (χ3n) is 4.82. The second-order valence-corrected chi connectivity index (χ2v) is 7.88. The van der Waals surface area contributed by atoms with E-state index in [0.29, 0.717) is 26.1 Å². The third kappa shape index (κ3) is 3.11. The van der Waals surface area contributed by atoms with E-state index in [0.717, 1.165) is 34.8 Å². The van der Waals surface area contributed by atoms with Crippen molar-refractivity contribution in [3.05, 3.63) is 47.9 Å². The number of para-hydroxylation sites is 2. The lowest BCUT2D eigenvalue weighted by atomic mass is 9.97. The summed E-state index contributed by atoms with van der Waals surface area (Å²) >= 11 is 0. The molecule has 0 atom stereocenters. The van der Waals surface area contributed by atoms with E-state index in [1.54, 1.807) is 6.33 Å². The number of oxazole rings is 1. The molecule has 0 bridgehead atoms. The highest BCUT2D eigenvalue weighted by Gasteiger charge is 2.28. The van der Waals surface area contributed by atoms with Crippen LogP contribution in [0.1, 0.15) is 44.5 Å². The average molecular weight is 352 g/mol. The van der Waals surface area contributed by atoms with Gasteiger partial charge in [0.2, 0.25) is 5.91 Å². The number of benzene rings is 1. The summed E-state index contributed by atoms with van der Waals surface area (Å²) in [5.41, 5.74) is 2.81. The molecule has 0 spiro atoms. The number of carbonyl (C=O) groups excluding carboxylic acids is 1. The second-order valence-electron chi connectivity index (χ2n) is 7.88. The third-order valence-corrected chi connectivity index (χ3v) is 4.82. The smallest absolute Gasteiger partial charge is 0.224 e. The van der Waals surface area contributed by atoms with Crippen LogP contribution in [0.5, 0.6) is 0 Å². The molecular weight excluding hydrogens is 328 g/mol. The zero-order valence-corrected chi connectivity index (χ0v) is 15.5. The van der Waals surface area contributed by atoms with E-state index in [-0.39, 0.29) is 11.3 Å². The predicted octanol–water partition coefficient (Wildman–Crippen LogP) is 3.30. The zero-order chi connectivity index (χ0) is 18.3. The van der Waals surface area contributed by atoms with Gasteiger partial charge < -0.3 is 13.9 Å². The summed E-state index contributed by atoms with van der Waals surface area (Å²) in [5.74, 6) is 1.83. The Morgan fingerprint density at radius 1 is 1.27 bits per heavy atom. The molecule has 136 valence electrons. The van der Waals surface area contributed by atoms with Crippen LogP contribution in [0.15, 0.2) is 35.0 Å². The molecule has 6 heteroatoms. The number of fused-ring (bicyclic) bond motifs is 2. The van der Waals surface area contributed by atoms with E-state index in [1.165, 1.54) is 0 Å². The molecule has 2 aromatic heterocycles. The predicted molar refractivity (Wildman–Crippen MR) is 98.7 cm³/mol. The van der Waals surface area contributed by atoms with E-state index in [4.69, 9.17) is 4.42 Å². The molecule has 26 heavy (non-hydrogen) atoms. The number of imidazole rings is 1. The maximum absolute atomic E-state index is 12.7. The molecule has 1 aromatic carbocycles. The first-order valence-corrected chi connectivity index (χ1v) is 9.08. The van der Waals surface area contributed by atoms with Crippen LogP contribution in [-0.4, -0.2) is 31.9 Å². The molecule has 0 fully saturated rings. The monoisotopic (exact) mass is 352 g/mol. The molecule has 0 saturated carbocycles. The Morgan fingerprint density at radius 2 is 2.08 bits per heavy atom. The van der Waals surface area contributed by atoms with Crippen LogP contribution in [0, 0.1) is 0 Å². The Bertz CT molecular complexity index is 948. The normalized spacial score (nSPS) is 14.7. The average Bonchev–Trinajstić information content (AvgIpc) is 3.23. The summed E-state index contributed by atoms with van der Waals surface area (Å²) < 4.78 is 7.94. The number of carbonyl (C=O) groups is 1.